The van der Waals surface area contributed by atoms with E-state index in [-0.39, 0.29) is 16.2 Å². The average Bonchev–Trinajstić information content (AvgIpc) is 3.07. The third-order valence-corrected chi connectivity index (χ3v) is 6.28. The number of nitrogens with zero attached hydrogens (tertiary/aromatic N) is 2. The molecule has 4 nitrogen and oxygen atoms in total. The van der Waals surface area contributed by atoms with Crippen LogP contribution in [0.1, 0.15) is 12.6 Å². The zero-order valence-corrected chi connectivity index (χ0v) is 18.1. The number of aromatic nitrogens is 2. The lowest BCUT2D eigenvalue weighted by Crippen LogP contribution is -2.12. The fourth-order valence-electron chi connectivity index (χ4n) is 3.05. The zero-order valence-electron chi connectivity index (χ0n) is 16.4. The monoisotopic (exact) mass is 452 g/mol. The molecule has 30 heavy (non-hydrogen) atoms. The van der Waals surface area contributed by atoms with Crippen molar-refractivity contribution in [3.8, 4) is 22.4 Å². The van der Waals surface area contributed by atoms with Crippen LogP contribution in [0.3, 0.4) is 0 Å². The van der Waals surface area contributed by atoms with Crippen molar-refractivity contribution in [2.24, 2.45) is 0 Å². The van der Waals surface area contributed by atoms with Crippen LogP contribution in [0.2, 0.25) is 0 Å². The van der Waals surface area contributed by atoms with Crippen molar-refractivity contribution in [1.29, 1.82) is 0 Å². The maximum absolute atomic E-state index is 14.0. The van der Waals surface area contributed by atoms with E-state index in [4.69, 9.17) is 0 Å². The van der Waals surface area contributed by atoms with E-state index >= 15 is 0 Å². The first kappa shape index (κ1) is 22.2. The summed E-state index contributed by atoms with van der Waals surface area (Å²) in [6, 6.07) is 12.4. The van der Waals surface area contributed by atoms with E-state index < -0.39 is 21.7 Å². The molecule has 0 aliphatic heterocycles. The van der Waals surface area contributed by atoms with E-state index in [9.17, 15) is 21.6 Å². The molecule has 2 aromatic carbocycles. The molecule has 0 atom stereocenters. The Hall–Kier alpha value is -2.52. The molecule has 0 radical (unpaired) electrons. The summed E-state index contributed by atoms with van der Waals surface area (Å²) in [6.45, 7) is 1.61. The first-order valence-electron chi connectivity index (χ1n) is 8.83. The molecule has 3 aromatic rings. The molecular weight excluding hydrogens is 433 g/mol. The van der Waals surface area contributed by atoms with Gasteiger partial charge >= 0.3 is 6.18 Å². The fraction of sp³-hybridized carbons (Fsp3) is 0.190. The van der Waals surface area contributed by atoms with Crippen LogP contribution in [0.15, 0.2) is 64.4 Å². The van der Waals surface area contributed by atoms with Gasteiger partial charge in [0.15, 0.2) is 15.5 Å². The van der Waals surface area contributed by atoms with Crippen molar-refractivity contribution in [3.63, 3.8) is 0 Å². The second-order valence-electron chi connectivity index (χ2n) is 6.52. The van der Waals surface area contributed by atoms with Crippen molar-refractivity contribution in [1.82, 2.24) is 9.78 Å². The van der Waals surface area contributed by atoms with Crippen LogP contribution >= 0.6 is 11.8 Å². The Kier molecular flexibility index (Phi) is 6.14. The molecule has 0 N–H and O–H groups in total. The average molecular weight is 453 g/mol. The predicted octanol–water partition coefficient (Wildman–Crippen LogP) is 5.85. The Morgan fingerprint density at radius 3 is 2.03 bits per heavy atom. The van der Waals surface area contributed by atoms with Crippen LogP contribution in [-0.4, -0.2) is 30.7 Å². The summed E-state index contributed by atoms with van der Waals surface area (Å²) in [4.78, 5) is 1.01. The van der Waals surface area contributed by atoms with Gasteiger partial charge in [0, 0.05) is 28.5 Å². The van der Waals surface area contributed by atoms with E-state index in [2.05, 4.69) is 5.10 Å². The Labute approximate surface area is 177 Å². The fourth-order valence-corrected chi connectivity index (χ4v) is 4.09. The number of benzene rings is 2. The Morgan fingerprint density at radius 2 is 1.57 bits per heavy atom. The lowest BCUT2D eigenvalue weighted by molar-refractivity contribution is -0.142. The maximum atomic E-state index is 14.0. The van der Waals surface area contributed by atoms with Gasteiger partial charge in [-0.05, 0) is 43.0 Å². The smallest absolute Gasteiger partial charge is 0.235 e. The highest BCUT2D eigenvalue weighted by molar-refractivity contribution is 7.98. The van der Waals surface area contributed by atoms with Crippen LogP contribution in [-0.2, 0) is 16.0 Å². The molecular formula is C21H19F3N2O2S2. The highest BCUT2D eigenvalue weighted by Gasteiger charge is 2.40. The van der Waals surface area contributed by atoms with E-state index in [0.29, 0.717) is 11.1 Å². The van der Waals surface area contributed by atoms with Gasteiger partial charge in [0.1, 0.15) is 5.69 Å². The number of hydrogen-bond acceptors (Lipinski definition) is 4. The molecule has 1 aromatic heterocycles. The second kappa shape index (κ2) is 8.31. The van der Waals surface area contributed by atoms with Crippen LogP contribution in [0.25, 0.3) is 28.6 Å². The maximum Gasteiger partial charge on any atom is 0.434 e. The Bertz CT molecular complexity index is 1180. The molecule has 9 heteroatoms. The molecule has 0 bridgehead atoms. The van der Waals surface area contributed by atoms with Crippen molar-refractivity contribution in [2.45, 2.75) is 22.9 Å². The summed E-state index contributed by atoms with van der Waals surface area (Å²) in [7, 11) is -3.43. The normalized spacial score (nSPS) is 12.6. The minimum atomic E-state index is -4.65. The molecule has 0 aliphatic carbocycles. The molecule has 0 aliphatic rings. The number of sulfone groups is 1. The highest BCUT2D eigenvalue weighted by Crippen LogP contribution is 2.43. The van der Waals surface area contributed by atoms with Crippen molar-refractivity contribution in [3.05, 3.63) is 60.3 Å². The zero-order chi connectivity index (χ0) is 22.1. The van der Waals surface area contributed by atoms with Gasteiger partial charge in [-0.25, -0.2) is 13.1 Å². The van der Waals surface area contributed by atoms with Gasteiger partial charge in [0.2, 0.25) is 0 Å². The lowest BCUT2D eigenvalue weighted by atomic mass is 9.98. The van der Waals surface area contributed by atoms with Crippen molar-refractivity contribution < 1.29 is 21.6 Å². The SMILES string of the molecule is CC=Cn1nc(-c2ccc(S(C)(=O)=O)cc2)c(-c2ccc(SC)cc2)c1C(F)(F)F. The van der Waals surface area contributed by atoms with Crippen molar-refractivity contribution in [2.75, 3.05) is 12.5 Å². The summed E-state index contributed by atoms with van der Waals surface area (Å²) in [5.41, 5.74) is -0.0596. The van der Waals surface area contributed by atoms with Gasteiger partial charge in [-0.1, -0.05) is 30.3 Å². The van der Waals surface area contributed by atoms with Crippen LogP contribution in [0.5, 0.6) is 0 Å². The van der Waals surface area contributed by atoms with Gasteiger partial charge in [-0.2, -0.15) is 18.3 Å². The van der Waals surface area contributed by atoms with Crippen molar-refractivity contribution >= 4 is 27.8 Å². The van der Waals surface area contributed by atoms with E-state index in [1.165, 1.54) is 48.3 Å². The van der Waals surface area contributed by atoms with E-state index in [0.717, 1.165) is 15.8 Å². The number of thioether (sulfide) groups is 1. The number of halogens is 3. The molecule has 158 valence electrons. The summed E-state index contributed by atoms with van der Waals surface area (Å²) in [5.74, 6) is 0. The minimum Gasteiger partial charge on any atom is -0.235 e. The summed E-state index contributed by atoms with van der Waals surface area (Å²) in [5, 5.41) is 4.20. The summed E-state index contributed by atoms with van der Waals surface area (Å²) in [6.07, 6.45) is 1.03. The van der Waals surface area contributed by atoms with Gasteiger partial charge < -0.3 is 0 Å². The second-order valence-corrected chi connectivity index (χ2v) is 9.42. The lowest BCUT2D eigenvalue weighted by Gasteiger charge is -2.12. The first-order chi connectivity index (χ1) is 14.1. The number of alkyl halides is 3. The van der Waals surface area contributed by atoms with Gasteiger partial charge in [-0.15, -0.1) is 11.8 Å². The number of allylic oxidation sites excluding steroid dienone is 1. The number of hydrogen-bond donors (Lipinski definition) is 0. The van der Waals surface area contributed by atoms with Crippen LogP contribution < -0.4 is 0 Å². The third-order valence-electron chi connectivity index (χ3n) is 4.40. The van der Waals surface area contributed by atoms with Crippen LogP contribution in [0.4, 0.5) is 13.2 Å². The molecule has 0 saturated heterocycles. The van der Waals surface area contributed by atoms with Gasteiger partial charge in [-0.3, -0.25) is 0 Å². The highest BCUT2D eigenvalue weighted by atomic mass is 32.2. The van der Waals surface area contributed by atoms with E-state index in [1.54, 1.807) is 31.2 Å². The molecule has 0 amide bonds. The quantitative estimate of drug-likeness (QED) is 0.456. The largest absolute Gasteiger partial charge is 0.434 e. The van der Waals surface area contributed by atoms with Crippen LogP contribution in [0, 0.1) is 0 Å². The molecule has 3 rings (SSSR count). The first-order valence-corrected chi connectivity index (χ1v) is 12.0. The topological polar surface area (TPSA) is 52.0 Å². The summed E-state index contributed by atoms with van der Waals surface area (Å²) < 4.78 is 66.4. The minimum absolute atomic E-state index is 0.0552. The molecule has 0 unspecified atom stereocenters. The Morgan fingerprint density at radius 1 is 1.00 bits per heavy atom. The van der Waals surface area contributed by atoms with E-state index in [1.807, 2.05) is 6.26 Å². The standard InChI is InChI=1S/C21H19F3N2O2S2/c1-4-13-26-20(21(22,23)24)18(14-5-9-16(29-2)10-6-14)19(25-26)15-7-11-17(12-8-15)30(3,27)28/h4-13H,1-3H3. The predicted molar refractivity (Wildman–Crippen MR) is 114 cm³/mol. The molecule has 1 heterocycles. The Balaban J connectivity index is 2.31. The summed E-state index contributed by atoms with van der Waals surface area (Å²) >= 11 is 1.49. The third kappa shape index (κ3) is 4.46. The van der Waals surface area contributed by atoms with Gasteiger partial charge in [0.25, 0.3) is 0 Å². The van der Waals surface area contributed by atoms with Gasteiger partial charge in [0.05, 0.1) is 4.90 Å². The number of rotatable bonds is 5. The molecule has 0 fully saturated rings. The molecule has 0 spiro atoms. The molecule has 0 saturated carbocycles.